The Morgan fingerprint density at radius 1 is 1.22 bits per heavy atom. The van der Waals surface area contributed by atoms with Crippen LogP contribution >= 0.6 is 0 Å². The van der Waals surface area contributed by atoms with Crippen molar-refractivity contribution in [3.8, 4) is 6.07 Å². The third-order valence-electron chi connectivity index (χ3n) is 5.76. The van der Waals surface area contributed by atoms with Crippen molar-refractivity contribution in [3.05, 3.63) is 83.4 Å². The van der Waals surface area contributed by atoms with Crippen LogP contribution in [0.15, 0.2) is 61.1 Å². The zero-order valence-electron chi connectivity index (χ0n) is 18.1. The van der Waals surface area contributed by atoms with Gasteiger partial charge in [0.05, 0.1) is 36.0 Å². The standard InChI is InChI=1S/C24H27N5O2S/c1-2-10-32(30,31)29-15-21-11-20(13-25)8-9-24(21)28(16-22-14-26-18-27-22)17-23(29)12-19-6-4-3-5-7-19/h3-9,11,14,18,23H,2,10,12,15-17H2,1H3,(H,26,27)/t23-/m1/s1. The van der Waals surface area contributed by atoms with Crippen LogP contribution < -0.4 is 4.90 Å². The van der Waals surface area contributed by atoms with Gasteiger partial charge in [0.2, 0.25) is 10.0 Å². The molecule has 1 aliphatic heterocycles. The largest absolute Gasteiger partial charge is 0.364 e. The number of aromatic amines is 1. The van der Waals surface area contributed by atoms with Crippen LogP contribution in [0.1, 0.15) is 35.7 Å². The Hall–Kier alpha value is -3.15. The van der Waals surface area contributed by atoms with E-state index in [1.165, 1.54) is 0 Å². The maximum atomic E-state index is 13.4. The Balaban J connectivity index is 1.79. The van der Waals surface area contributed by atoms with E-state index >= 15 is 0 Å². The number of fused-ring (bicyclic) bond motifs is 1. The Morgan fingerprint density at radius 3 is 2.72 bits per heavy atom. The molecular formula is C24H27N5O2S. The van der Waals surface area contributed by atoms with Gasteiger partial charge in [0.25, 0.3) is 0 Å². The number of hydrogen-bond donors (Lipinski definition) is 1. The van der Waals surface area contributed by atoms with Crippen molar-refractivity contribution in [1.29, 1.82) is 5.26 Å². The highest BCUT2D eigenvalue weighted by atomic mass is 32.2. The monoisotopic (exact) mass is 449 g/mol. The molecule has 1 aliphatic rings. The molecule has 0 saturated carbocycles. The van der Waals surface area contributed by atoms with Gasteiger partial charge in [0.1, 0.15) is 0 Å². The zero-order chi connectivity index (χ0) is 22.6. The van der Waals surface area contributed by atoms with Crippen LogP contribution in [0.2, 0.25) is 0 Å². The van der Waals surface area contributed by atoms with E-state index in [1.807, 2.05) is 55.6 Å². The number of benzene rings is 2. The fraction of sp³-hybridized carbons (Fsp3) is 0.333. The second kappa shape index (κ2) is 9.55. The van der Waals surface area contributed by atoms with Gasteiger partial charge in [-0.1, -0.05) is 37.3 Å². The minimum atomic E-state index is -3.47. The third kappa shape index (κ3) is 4.85. The molecular weight excluding hydrogens is 422 g/mol. The summed E-state index contributed by atoms with van der Waals surface area (Å²) in [6, 6.07) is 17.5. The number of sulfonamides is 1. The summed E-state index contributed by atoms with van der Waals surface area (Å²) < 4.78 is 28.4. The number of hydrogen-bond acceptors (Lipinski definition) is 5. The molecule has 0 amide bonds. The van der Waals surface area contributed by atoms with E-state index < -0.39 is 10.0 Å². The van der Waals surface area contributed by atoms with Crippen LogP contribution in [0, 0.1) is 11.3 Å². The molecule has 3 aromatic rings. The summed E-state index contributed by atoms with van der Waals surface area (Å²) in [6.45, 7) is 3.22. The zero-order valence-corrected chi connectivity index (χ0v) is 18.9. The summed E-state index contributed by atoms with van der Waals surface area (Å²) in [5.41, 5.74) is 4.29. The fourth-order valence-corrected chi connectivity index (χ4v) is 5.99. The topological polar surface area (TPSA) is 93.1 Å². The van der Waals surface area contributed by atoms with Crippen molar-refractivity contribution in [3.63, 3.8) is 0 Å². The first-order valence-corrected chi connectivity index (χ1v) is 12.4. The summed E-state index contributed by atoms with van der Waals surface area (Å²) in [5.74, 6) is 0.102. The van der Waals surface area contributed by atoms with Crippen molar-refractivity contribution in [2.24, 2.45) is 0 Å². The Morgan fingerprint density at radius 2 is 2.03 bits per heavy atom. The molecule has 8 heteroatoms. The quantitative estimate of drug-likeness (QED) is 0.596. The Kier molecular flexibility index (Phi) is 6.58. The lowest BCUT2D eigenvalue weighted by atomic mass is 10.1. The Labute approximate surface area is 189 Å². The second-order valence-corrected chi connectivity index (χ2v) is 10.1. The smallest absolute Gasteiger partial charge is 0.214 e. The molecule has 0 fully saturated rings. The first-order valence-electron chi connectivity index (χ1n) is 10.8. The van der Waals surface area contributed by atoms with Crippen molar-refractivity contribution < 1.29 is 8.42 Å². The number of imidazole rings is 1. The minimum absolute atomic E-state index is 0.102. The molecule has 7 nitrogen and oxygen atoms in total. The lowest BCUT2D eigenvalue weighted by Crippen LogP contribution is -2.46. The molecule has 0 saturated heterocycles. The van der Waals surface area contributed by atoms with E-state index in [0.717, 1.165) is 22.5 Å². The molecule has 0 unspecified atom stereocenters. The van der Waals surface area contributed by atoms with Gasteiger partial charge in [0.15, 0.2) is 0 Å². The summed E-state index contributed by atoms with van der Waals surface area (Å²) in [6.07, 6.45) is 4.66. The van der Waals surface area contributed by atoms with Crippen LogP contribution in [0.4, 0.5) is 5.69 Å². The molecule has 0 spiro atoms. The Bertz CT molecular complexity index is 1190. The van der Waals surface area contributed by atoms with E-state index in [4.69, 9.17) is 0 Å². The van der Waals surface area contributed by atoms with Crippen molar-refractivity contribution in [1.82, 2.24) is 14.3 Å². The van der Waals surface area contributed by atoms with Gasteiger partial charge in [-0.2, -0.15) is 9.57 Å². The predicted octanol–water partition coefficient (Wildman–Crippen LogP) is 3.45. The van der Waals surface area contributed by atoms with Crippen molar-refractivity contribution >= 4 is 15.7 Å². The van der Waals surface area contributed by atoms with Gasteiger partial charge in [0, 0.05) is 31.0 Å². The normalized spacial score (nSPS) is 16.9. The van der Waals surface area contributed by atoms with Crippen molar-refractivity contribution in [2.75, 3.05) is 17.2 Å². The first-order chi connectivity index (χ1) is 15.5. The molecule has 0 bridgehead atoms. The molecule has 166 valence electrons. The predicted molar refractivity (Wildman–Crippen MR) is 124 cm³/mol. The van der Waals surface area contributed by atoms with Crippen LogP contribution in [-0.4, -0.2) is 41.0 Å². The van der Waals surface area contributed by atoms with Crippen LogP contribution in [0.5, 0.6) is 0 Å². The van der Waals surface area contributed by atoms with Gasteiger partial charge in [-0.05, 0) is 42.2 Å². The summed E-state index contributed by atoms with van der Waals surface area (Å²) in [5, 5.41) is 9.43. The molecule has 0 aliphatic carbocycles. The number of nitrogens with zero attached hydrogens (tertiary/aromatic N) is 4. The molecule has 1 atom stereocenters. The van der Waals surface area contributed by atoms with Gasteiger partial charge in [-0.15, -0.1) is 0 Å². The third-order valence-corrected chi connectivity index (χ3v) is 7.82. The van der Waals surface area contributed by atoms with Crippen LogP contribution in [0.25, 0.3) is 0 Å². The average molecular weight is 450 g/mol. The van der Waals surface area contributed by atoms with E-state index in [2.05, 4.69) is 20.9 Å². The van der Waals surface area contributed by atoms with Crippen LogP contribution in [0.3, 0.4) is 0 Å². The number of rotatable bonds is 7. The highest BCUT2D eigenvalue weighted by Gasteiger charge is 2.35. The summed E-state index contributed by atoms with van der Waals surface area (Å²) in [7, 11) is -3.47. The molecule has 2 aromatic carbocycles. The van der Waals surface area contributed by atoms with E-state index in [0.29, 0.717) is 31.5 Å². The fourth-order valence-electron chi connectivity index (χ4n) is 4.31. The highest BCUT2D eigenvalue weighted by Crippen LogP contribution is 2.32. The maximum absolute atomic E-state index is 13.4. The number of anilines is 1. The van der Waals surface area contributed by atoms with Gasteiger partial charge in [-0.25, -0.2) is 13.4 Å². The number of nitriles is 1. The molecule has 0 radical (unpaired) electrons. The molecule has 2 heterocycles. The second-order valence-electron chi connectivity index (χ2n) is 8.10. The molecule has 1 aromatic heterocycles. The van der Waals surface area contributed by atoms with E-state index in [-0.39, 0.29) is 18.3 Å². The maximum Gasteiger partial charge on any atom is 0.214 e. The average Bonchev–Trinajstić information content (AvgIpc) is 3.24. The molecule has 4 rings (SSSR count). The molecule has 32 heavy (non-hydrogen) atoms. The van der Waals surface area contributed by atoms with Gasteiger partial charge >= 0.3 is 0 Å². The van der Waals surface area contributed by atoms with Gasteiger partial charge in [-0.3, -0.25) is 0 Å². The number of H-pyrrole nitrogens is 1. The summed E-state index contributed by atoms with van der Waals surface area (Å²) >= 11 is 0. The minimum Gasteiger partial charge on any atom is -0.364 e. The SMILES string of the molecule is CCCS(=O)(=O)N1Cc2cc(C#N)ccc2N(Cc2c[nH]cn2)C[C@H]1Cc1ccccc1. The van der Waals surface area contributed by atoms with E-state index in [9.17, 15) is 13.7 Å². The number of nitrogens with one attached hydrogen (secondary N) is 1. The van der Waals surface area contributed by atoms with Crippen molar-refractivity contribution in [2.45, 2.75) is 38.9 Å². The molecule has 1 N–H and O–H groups in total. The van der Waals surface area contributed by atoms with Crippen LogP contribution in [-0.2, 0) is 29.5 Å². The van der Waals surface area contributed by atoms with Gasteiger partial charge < -0.3 is 9.88 Å². The van der Waals surface area contributed by atoms with E-state index in [1.54, 1.807) is 16.7 Å². The lowest BCUT2D eigenvalue weighted by Gasteiger charge is -2.32. The number of aromatic nitrogens is 2. The lowest BCUT2D eigenvalue weighted by molar-refractivity contribution is 0.318. The highest BCUT2D eigenvalue weighted by molar-refractivity contribution is 7.89. The summed E-state index contributed by atoms with van der Waals surface area (Å²) in [4.78, 5) is 9.55. The first kappa shape index (κ1) is 22.1.